The number of benzene rings is 1. The predicted octanol–water partition coefficient (Wildman–Crippen LogP) is 0.530. The number of fused-ring (bicyclic) bond motifs is 1. The minimum Gasteiger partial charge on any atom is -0.367 e. The molecule has 10 heteroatoms. The molecule has 0 aliphatic carbocycles. The Labute approximate surface area is 197 Å². The zero-order valence-corrected chi connectivity index (χ0v) is 19.4. The van der Waals surface area contributed by atoms with E-state index in [0.717, 1.165) is 30.3 Å². The first kappa shape index (κ1) is 22.8. The van der Waals surface area contributed by atoms with Crippen LogP contribution in [-0.2, 0) is 26.2 Å². The van der Waals surface area contributed by atoms with E-state index in [9.17, 15) is 19.2 Å². The number of imidazole rings is 1. The molecule has 0 saturated carbocycles. The number of nitrogens with zero attached hydrogens (tertiary/aromatic N) is 3. The SMILES string of the molecule is Cn1c(=O)n(C2CCC(=O)NC2=O)c2ccc(C3CCN(C(=O)[C@@H]4CC[C@@H](N)CO4)CC3)cc21. The third-order valence-electron chi connectivity index (χ3n) is 7.50. The molecular formula is C24H31N5O5. The Morgan fingerprint density at radius 2 is 1.82 bits per heavy atom. The number of amides is 3. The molecule has 2 aromatic rings. The number of hydrogen-bond acceptors (Lipinski definition) is 6. The number of hydrogen-bond donors (Lipinski definition) is 2. The van der Waals surface area contributed by atoms with Gasteiger partial charge in [-0.1, -0.05) is 6.07 Å². The van der Waals surface area contributed by atoms with Crippen molar-refractivity contribution in [3.05, 3.63) is 34.2 Å². The minimum absolute atomic E-state index is 0.0190. The van der Waals surface area contributed by atoms with Crippen LogP contribution >= 0.6 is 0 Å². The number of likely N-dealkylation sites (tertiary alicyclic amines) is 1. The second-order valence-corrected chi connectivity index (χ2v) is 9.69. The van der Waals surface area contributed by atoms with Crippen molar-refractivity contribution in [2.75, 3.05) is 19.7 Å². The first-order valence-corrected chi connectivity index (χ1v) is 12.0. The van der Waals surface area contributed by atoms with Gasteiger partial charge in [0.1, 0.15) is 12.1 Å². The van der Waals surface area contributed by atoms with E-state index in [0.29, 0.717) is 38.1 Å². The number of nitrogens with two attached hydrogens (primary N) is 1. The lowest BCUT2D eigenvalue weighted by atomic mass is 9.89. The Morgan fingerprint density at radius 1 is 1.06 bits per heavy atom. The second kappa shape index (κ2) is 8.99. The lowest BCUT2D eigenvalue weighted by Gasteiger charge is -2.36. The van der Waals surface area contributed by atoms with Gasteiger partial charge in [0.25, 0.3) is 5.91 Å². The molecule has 3 N–H and O–H groups in total. The zero-order valence-electron chi connectivity index (χ0n) is 19.4. The average Bonchev–Trinajstić information content (AvgIpc) is 3.09. The minimum atomic E-state index is -0.689. The van der Waals surface area contributed by atoms with Crippen molar-refractivity contribution < 1.29 is 19.1 Å². The summed E-state index contributed by atoms with van der Waals surface area (Å²) in [6.45, 7) is 1.78. The van der Waals surface area contributed by atoms with Crippen LogP contribution in [-0.4, -0.2) is 63.6 Å². The quantitative estimate of drug-likeness (QED) is 0.631. The standard InChI is InChI=1S/C24H31N5O5/c1-27-19-12-15(2-4-17(19)29(24(27)33)18-5-7-21(30)26-22(18)31)14-8-10-28(11-9-14)23(32)20-6-3-16(25)13-34-20/h2,4,12,14,16,18,20H,3,5-11,13,25H2,1H3,(H,26,30,31)/t16-,18?,20+/m1/s1. The third-order valence-corrected chi connectivity index (χ3v) is 7.50. The molecule has 34 heavy (non-hydrogen) atoms. The molecule has 0 spiro atoms. The molecule has 4 heterocycles. The number of nitrogens with one attached hydrogen (secondary N) is 1. The second-order valence-electron chi connectivity index (χ2n) is 9.69. The first-order chi connectivity index (χ1) is 16.3. The van der Waals surface area contributed by atoms with Crippen molar-refractivity contribution in [3.63, 3.8) is 0 Å². The van der Waals surface area contributed by atoms with Crippen LogP contribution in [0.2, 0.25) is 0 Å². The lowest BCUT2D eigenvalue weighted by Crippen LogP contribution is -2.48. The summed E-state index contributed by atoms with van der Waals surface area (Å²) in [5, 5.41) is 2.34. The Hall–Kier alpha value is -2.98. The molecule has 3 saturated heterocycles. The molecule has 3 amide bonds. The maximum atomic E-state index is 13.0. The van der Waals surface area contributed by atoms with E-state index in [1.807, 2.05) is 23.1 Å². The Morgan fingerprint density at radius 3 is 2.50 bits per heavy atom. The molecule has 5 rings (SSSR count). The molecule has 1 aromatic heterocycles. The number of carbonyl (C=O) groups excluding carboxylic acids is 3. The van der Waals surface area contributed by atoms with E-state index in [2.05, 4.69) is 5.32 Å². The lowest BCUT2D eigenvalue weighted by molar-refractivity contribution is -0.148. The number of carbonyl (C=O) groups is 3. The summed E-state index contributed by atoms with van der Waals surface area (Å²) in [6.07, 6.45) is 3.31. The van der Waals surface area contributed by atoms with E-state index >= 15 is 0 Å². The van der Waals surface area contributed by atoms with Crippen molar-refractivity contribution in [1.29, 1.82) is 0 Å². The molecule has 0 radical (unpaired) electrons. The summed E-state index contributed by atoms with van der Waals surface area (Å²) >= 11 is 0. The van der Waals surface area contributed by atoms with Crippen LogP contribution in [0.15, 0.2) is 23.0 Å². The van der Waals surface area contributed by atoms with Crippen LogP contribution < -0.4 is 16.7 Å². The van der Waals surface area contributed by atoms with E-state index in [4.69, 9.17) is 10.5 Å². The van der Waals surface area contributed by atoms with Gasteiger partial charge in [-0.15, -0.1) is 0 Å². The molecule has 3 fully saturated rings. The van der Waals surface area contributed by atoms with Gasteiger partial charge in [-0.2, -0.15) is 0 Å². The largest absolute Gasteiger partial charge is 0.367 e. The van der Waals surface area contributed by atoms with Crippen LogP contribution in [0, 0.1) is 0 Å². The summed E-state index contributed by atoms with van der Waals surface area (Å²) in [5.41, 5.74) is 8.17. The van der Waals surface area contributed by atoms with Crippen LogP contribution in [0.3, 0.4) is 0 Å². The average molecular weight is 470 g/mol. The number of aromatic nitrogens is 2. The van der Waals surface area contributed by atoms with Crippen molar-refractivity contribution in [3.8, 4) is 0 Å². The van der Waals surface area contributed by atoms with Gasteiger partial charge in [0.15, 0.2) is 0 Å². The topological polar surface area (TPSA) is 129 Å². The highest BCUT2D eigenvalue weighted by atomic mass is 16.5. The van der Waals surface area contributed by atoms with Gasteiger partial charge >= 0.3 is 5.69 Å². The van der Waals surface area contributed by atoms with E-state index in [1.165, 1.54) is 4.57 Å². The molecule has 3 atom stereocenters. The molecule has 3 aliphatic heterocycles. The van der Waals surface area contributed by atoms with E-state index < -0.39 is 11.9 Å². The van der Waals surface area contributed by atoms with E-state index in [-0.39, 0.29) is 42.0 Å². The molecule has 182 valence electrons. The molecule has 10 nitrogen and oxygen atoms in total. The number of rotatable bonds is 3. The molecule has 1 unspecified atom stereocenters. The normalized spacial score (nSPS) is 26.6. The Balaban J connectivity index is 1.31. The number of aryl methyl sites for hydroxylation is 1. The fourth-order valence-electron chi connectivity index (χ4n) is 5.47. The van der Waals surface area contributed by atoms with Gasteiger partial charge in [-0.05, 0) is 55.7 Å². The van der Waals surface area contributed by atoms with Gasteiger partial charge in [0.05, 0.1) is 17.6 Å². The monoisotopic (exact) mass is 469 g/mol. The van der Waals surface area contributed by atoms with Gasteiger partial charge in [0, 0.05) is 32.6 Å². The molecule has 3 aliphatic rings. The number of piperidine rings is 2. The maximum Gasteiger partial charge on any atom is 0.329 e. The zero-order chi connectivity index (χ0) is 24.0. The summed E-state index contributed by atoms with van der Waals surface area (Å²) in [4.78, 5) is 51.6. The first-order valence-electron chi connectivity index (χ1n) is 12.0. The van der Waals surface area contributed by atoms with Crippen molar-refractivity contribution in [2.45, 2.75) is 62.6 Å². The highest BCUT2D eigenvalue weighted by Crippen LogP contribution is 2.32. The van der Waals surface area contributed by atoms with Crippen LogP contribution in [0.4, 0.5) is 0 Å². The van der Waals surface area contributed by atoms with Crippen LogP contribution in [0.5, 0.6) is 0 Å². The van der Waals surface area contributed by atoms with Crippen molar-refractivity contribution in [2.24, 2.45) is 12.8 Å². The van der Waals surface area contributed by atoms with Gasteiger partial charge in [-0.25, -0.2) is 4.79 Å². The summed E-state index contributed by atoms with van der Waals surface area (Å²) < 4.78 is 8.72. The summed E-state index contributed by atoms with van der Waals surface area (Å²) in [7, 11) is 1.70. The highest BCUT2D eigenvalue weighted by molar-refractivity contribution is 6.00. The van der Waals surface area contributed by atoms with Crippen LogP contribution in [0.1, 0.15) is 56.0 Å². The number of ether oxygens (including phenoxy) is 1. The van der Waals surface area contributed by atoms with E-state index in [1.54, 1.807) is 11.6 Å². The Bertz CT molecular complexity index is 1180. The van der Waals surface area contributed by atoms with Crippen LogP contribution in [0.25, 0.3) is 11.0 Å². The summed E-state index contributed by atoms with van der Waals surface area (Å²) in [6, 6.07) is 5.26. The summed E-state index contributed by atoms with van der Waals surface area (Å²) in [5.74, 6) is -0.399. The smallest absolute Gasteiger partial charge is 0.329 e. The van der Waals surface area contributed by atoms with Gasteiger partial charge in [0.2, 0.25) is 11.8 Å². The fourth-order valence-corrected chi connectivity index (χ4v) is 5.47. The predicted molar refractivity (Wildman–Crippen MR) is 124 cm³/mol. The van der Waals surface area contributed by atoms with Gasteiger partial charge in [-0.3, -0.25) is 28.8 Å². The molecule has 1 aromatic carbocycles. The fraction of sp³-hybridized carbons (Fsp3) is 0.583. The number of imide groups is 1. The molecule has 0 bridgehead atoms. The highest BCUT2D eigenvalue weighted by Gasteiger charge is 2.33. The van der Waals surface area contributed by atoms with Crippen molar-refractivity contribution >= 4 is 28.8 Å². The maximum absolute atomic E-state index is 13.0. The van der Waals surface area contributed by atoms with Gasteiger partial charge < -0.3 is 15.4 Å². The van der Waals surface area contributed by atoms with Crippen molar-refractivity contribution in [1.82, 2.24) is 19.4 Å². The third kappa shape index (κ3) is 4.05. The molecular weight excluding hydrogens is 438 g/mol. The Kier molecular flexibility index (Phi) is 6.03.